The minimum atomic E-state index is -0.562. The summed E-state index contributed by atoms with van der Waals surface area (Å²) in [5.41, 5.74) is 1.79. The Morgan fingerprint density at radius 3 is 2.75 bits per heavy atom. The number of rotatable bonds is 6. The SMILES string of the molecule is C=CCOc1ccc(C2C(C(=O)OC(C)C)=C(C)N=C3SCCC(=O)N32)cc1. The van der Waals surface area contributed by atoms with Crippen LogP contribution in [-0.4, -0.2) is 40.4 Å². The van der Waals surface area contributed by atoms with Crippen molar-refractivity contribution >= 4 is 28.8 Å². The first-order valence-electron chi connectivity index (χ1n) is 9.21. The van der Waals surface area contributed by atoms with Crippen molar-refractivity contribution in [2.45, 2.75) is 39.3 Å². The Kier molecular flexibility index (Phi) is 6.24. The van der Waals surface area contributed by atoms with Crippen LogP contribution in [0.25, 0.3) is 0 Å². The fourth-order valence-electron chi connectivity index (χ4n) is 3.15. The second-order valence-electron chi connectivity index (χ2n) is 6.78. The molecule has 7 heteroatoms. The van der Waals surface area contributed by atoms with Crippen molar-refractivity contribution in [3.63, 3.8) is 0 Å². The molecular formula is C21H24N2O4S. The summed E-state index contributed by atoms with van der Waals surface area (Å²) in [6.45, 7) is 9.43. The molecule has 0 bridgehead atoms. The van der Waals surface area contributed by atoms with Gasteiger partial charge in [0.2, 0.25) is 5.91 Å². The van der Waals surface area contributed by atoms with Crippen molar-refractivity contribution in [2.24, 2.45) is 4.99 Å². The summed E-state index contributed by atoms with van der Waals surface area (Å²) in [7, 11) is 0. The lowest BCUT2D eigenvalue weighted by Crippen LogP contribution is -2.46. The fraction of sp³-hybridized carbons (Fsp3) is 0.381. The molecule has 2 aliphatic heterocycles. The van der Waals surface area contributed by atoms with Crippen molar-refractivity contribution < 1.29 is 19.1 Å². The summed E-state index contributed by atoms with van der Waals surface area (Å²) in [4.78, 5) is 31.7. The second-order valence-corrected chi connectivity index (χ2v) is 7.84. The molecule has 3 rings (SSSR count). The van der Waals surface area contributed by atoms with Gasteiger partial charge < -0.3 is 9.47 Å². The molecule has 0 spiro atoms. The van der Waals surface area contributed by atoms with Gasteiger partial charge in [-0.05, 0) is 38.5 Å². The first-order valence-corrected chi connectivity index (χ1v) is 10.2. The highest BCUT2D eigenvalue weighted by Gasteiger charge is 2.41. The van der Waals surface area contributed by atoms with Crippen LogP contribution in [0.1, 0.15) is 38.8 Å². The maximum Gasteiger partial charge on any atom is 0.338 e. The van der Waals surface area contributed by atoms with Gasteiger partial charge >= 0.3 is 5.97 Å². The predicted molar refractivity (Wildman–Crippen MR) is 110 cm³/mol. The van der Waals surface area contributed by atoms with E-state index in [2.05, 4.69) is 11.6 Å². The van der Waals surface area contributed by atoms with Crippen LogP contribution in [0.4, 0.5) is 0 Å². The molecule has 1 saturated heterocycles. The number of fused-ring (bicyclic) bond motifs is 1. The van der Waals surface area contributed by atoms with Gasteiger partial charge in [0.25, 0.3) is 0 Å². The van der Waals surface area contributed by atoms with Crippen LogP contribution in [0.2, 0.25) is 0 Å². The highest BCUT2D eigenvalue weighted by atomic mass is 32.2. The molecule has 148 valence electrons. The number of aliphatic imine (C=N–C) groups is 1. The van der Waals surface area contributed by atoms with E-state index in [1.807, 2.05) is 24.3 Å². The average molecular weight is 401 g/mol. The highest BCUT2D eigenvalue weighted by Crippen LogP contribution is 2.40. The first kappa shape index (κ1) is 20.2. The Hall–Kier alpha value is -2.54. The monoisotopic (exact) mass is 400 g/mol. The summed E-state index contributed by atoms with van der Waals surface area (Å²) in [6.07, 6.45) is 1.82. The van der Waals surface area contributed by atoms with Crippen LogP contribution < -0.4 is 4.74 Å². The Labute approximate surface area is 169 Å². The van der Waals surface area contributed by atoms with E-state index in [0.29, 0.717) is 41.0 Å². The van der Waals surface area contributed by atoms with E-state index in [4.69, 9.17) is 9.47 Å². The number of nitrogens with zero attached hydrogens (tertiary/aromatic N) is 2. The Balaban J connectivity index is 2.04. The highest BCUT2D eigenvalue weighted by molar-refractivity contribution is 8.14. The molecule has 0 aromatic heterocycles. The summed E-state index contributed by atoms with van der Waals surface area (Å²) in [5.74, 6) is 0.890. The third-order valence-corrected chi connectivity index (χ3v) is 5.29. The van der Waals surface area contributed by atoms with Gasteiger partial charge in [0, 0.05) is 12.2 Å². The number of benzene rings is 1. The maximum absolute atomic E-state index is 12.9. The normalized spacial score (nSPS) is 19.3. The van der Waals surface area contributed by atoms with Crippen molar-refractivity contribution in [1.82, 2.24) is 4.90 Å². The molecule has 2 heterocycles. The smallest absolute Gasteiger partial charge is 0.338 e. The average Bonchev–Trinajstić information content (AvgIpc) is 2.65. The minimum Gasteiger partial charge on any atom is -0.490 e. The number of hydrogen-bond donors (Lipinski definition) is 0. The molecule has 1 aromatic rings. The molecule has 28 heavy (non-hydrogen) atoms. The molecular weight excluding hydrogens is 376 g/mol. The van der Waals surface area contributed by atoms with E-state index in [1.54, 1.807) is 31.7 Å². The lowest BCUT2D eigenvalue weighted by molar-refractivity contribution is -0.143. The van der Waals surface area contributed by atoms with E-state index in [-0.39, 0.29) is 12.0 Å². The Morgan fingerprint density at radius 1 is 1.39 bits per heavy atom. The largest absolute Gasteiger partial charge is 0.490 e. The summed E-state index contributed by atoms with van der Waals surface area (Å²) in [6, 6.07) is 6.83. The van der Waals surface area contributed by atoms with Crippen molar-refractivity contribution in [2.75, 3.05) is 12.4 Å². The third kappa shape index (κ3) is 4.14. The number of allylic oxidation sites excluding steroid dienone is 1. The van der Waals surface area contributed by atoms with Crippen molar-refractivity contribution in [3.8, 4) is 5.75 Å². The molecule has 1 unspecified atom stereocenters. The molecule has 2 aliphatic rings. The van der Waals surface area contributed by atoms with Gasteiger partial charge in [0.05, 0.1) is 23.4 Å². The van der Waals surface area contributed by atoms with Crippen LogP contribution in [0.3, 0.4) is 0 Å². The van der Waals surface area contributed by atoms with E-state index < -0.39 is 12.0 Å². The number of amidine groups is 1. The number of carbonyl (C=O) groups is 2. The van der Waals surface area contributed by atoms with Gasteiger partial charge in [-0.3, -0.25) is 9.69 Å². The van der Waals surface area contributed by atoms with Crippen LogP contribution >= 0.6 is 11.8 Å². The lowest BCUT2D eigenvalue weighted by atomic mass is 9.94. The quantitative estimate of drug-likeness (QED) is 0.536. The van der Waals surface area contributed by atoms with Crippen LogP contribution in [0.5, 0.6) is 5.75 Å². The van der Waals surface area contributed by atoms with E-state index >= 15 is 0 Å². The zero-order valence-electron chi connectivity index (χ0n) is 16.3. The van der Waals surface area contributed by atoms with Gasteiger partial charge in [-0.1, -0.05) is 36.5 Å². The second kappa shape index (κ2) is 8.65. The Bertz CT molecular complexity index is 842. The Morgan fingerprint density at radius 2 is 2.11 bits per heavy atom. The summed E-state index contributed by atoms with van der Waals surface area (Å²) >= 11 is 1.53. The number of hydrogen-bond acceptors (Lipinski definition) is 6. The van der Waals surface area contributed by atoms with Gasteiger partial charge in [-0.2, -0.15) is 0 Å². The molecule has 6 nitrogen and oxygen atoms in total. The van der Waals surface area contributed by atoms with Crippen molar-refractivity contribution in [3.05, 3.63) is 53.8 Å². The summed E-state index contributed by atoms with van der Waals surface area (Å²) < 4.78 is 11.0. The number of ether oxygens (including phenoxy) is 2. The molecule has 0 aliphatic carbocycles. The van der Waals surface area contributed by atoms with Crippen molar-refractivity contribution in [1.29, 1.82) is 0 Å². The predicted octanol–water partition coefficient (Wildman–Crippen LogP) is 3.85. The summed E-state index contributed by atoms with van der Waals surface area (Å²) in [5, 5.41) is 0.631. The maximum atomic E-state index is 12.9. The van der Waals surface area contributed by atoms with Gasteiger partial charge in [-0.15, -0.1) is 0 Å². The van der Waals surface area contributed by atoms with Gasteiger partial charge in [0.15, 0.2) is 5.17 Å². The van der Waals surface area contributed by atoms with Crippen LogP contribution in [0, 0.1) is 0 Å². The standard InChI is InChI=1S/C21H24N2O4S/c1-5-11-26-16-8-6-15(7-9-16)19-18(20(25)27-13(2)3)14(4)22-21-23(19)17(24)10-12-28-21/h5-9,13,19H,1,10-12H2,2-4H3. The zero-order valence-corrected chi connectivity index (χ0v) is 17.1. The van der Waals surface area contributed by atoms with Crippen LogP contribution in [0.15, 0.2) is 53.2 Å². The van der Waals surface area contributed by atoms with Gasteiger partial charge in [-0.25, -0.2) is 9.79 Å². The number of thioether (sulfide) groups is 1. The van der Waals surface area contributed by atoms with Gasteiger partial charge in [0.1, 0.15) is 12.4 Å². The van der Waals surface area contributed by atoms with E-state index in [1.165, 1.54) is 11.8 Å². The van der Waals surface area contributed by atoms with Crippen LogP contribution in [-0.2, 0) is 14.3 Å². The zero-order chi connectivity index (χ0) is 20.3. The molecule has 0 radical (unpaired) electrons. The molecule has 1 aromatic carbocycles. The first-order chi connectivity index (χ1) is 13.4. The number of esters is 1. The number of amides is 1. The molecule has 1 atom stereocenters. The molecule has 1 fully saturated rings. The lowest BCUT2D eigenvalue weighted by Gasteiger charge is -2.39. The number of carbonyl (C=O) groups excluding carboxylic acids is 2. The van der Waals surface area contributed by atoms with E-state index in [9.17, 15) is 9.59 Å². The minimum absolute atomic E-state index is 0.0446. The topological polar surface area (TPSA) is 68.2 Å². The molecule has 1 amide bonds. The fourth-order valence-corrected chi connectivity index (χ4v) is 4.16. The van der Waals surface area contributed by atoms with E-state index in [0.717, 1.165) is 5.56 Å². The third-order valence-electron chi connectivity index (χ3n) is 4.33. The molecule has 0 N–H and O–H groups in total. The molecule has 0 saturated carbocycles.